The molecule has 2 N–H and O–H groups in total. The molecule has 0 aromatic heterocycles. The highest BCUT2D eigenvalue weighted by Gasteiger charge is 2.31. The summed E-state index contributed by atoms with van der Waals surface area (Å²) in [5.41, 5.74) is 2.34. The lowest BCUT2D eigenvalue weighted by Crippen LogP contribution is -2.37. The maximum Gasteiger partial charge on any atom is 0.333 e. The summed E-state index contributed by atoms with van der Waals surface area (Å²) < 4.78 is 26.9. The van der Waals surface area contributed by atoms with Crippen molar-refractivity contribution in [2.24, 2.45) is 0 Å². The third-order valence-corrected chi connectivity index (χ3v) is 6.47. The minimum Gasteiger partial charge on any atom is -0.307 e. The normalized spacial score (nSPS) is 21.0. The Kier molecular flexibility index (Phi) is 6.93. The molecule has 0 radical (unpaired) electrons. The maximum atomic E-state index is 12.5. The molecule has 0 bridgehead atoms. The molecule has 7 heteroatoms. The van der Waals surface area contributed by atoms with Gasteiger partial charge in [0.1, 0.15) is 0 Å². The number of para-hydroxylation sites is 1. The van der Waals surface area contributed by atoms with E-state index >= 15 is 0 Å². The van der Waals surface area contributed by atoms with Crippen LogP contribution in [0.5, 0.6) is 0 Å². The van der Waals surface area contributed by atoms with Crippen LogP contribution in [0.4, 0.5) is 10.5 Å². The van der Waals surface area contributed by atoms with Gasteiger partial charge in [-0.3, -0.25) is 4.90 Å². The van der Waals surface area contributed by atoms with Crippen LogP contribution >= 0.6 is 0 Å². The molecular weight excluding hydrogens is 374 g/mol. The third-order valence-electron chi connectivity index (χ3n) is 5.50. The molecule has 1 saturated heterocycles. The van der Waals surface area contributed by atoms with Crippen molar-refractivity contribution in [2.45, 2.75) is 64.8 Å². The Hall–Kier alpha value is -1.86. The van der Waals surface area contributed by atoms with Crippen molar-refractivity contribution in [1.82, 2.24) is 9.62 Å². The Bertz CT molecular complexity index is 820. The minimum absolute atomic E-state index is 0.198. The zero-order valence-electron chi connectivity index (χ0n) is 17.7. The monoisotopic (exact) mass is 407 g/mol. The van der Waals surface area contributed by atoms with E-state index in [1.807, 2.05) is 59.9 Å². The lowest BCUT2D eigenvalue weighted by Gasteiger charge is -2.28. The van der Waals surface area contributed by atoms with Crippen molar-refractivity contribution >= 4 is 21.7 Å². The highest BCUT2D eigenvalue weighted by molar-refractivity contribution is 7.92. The van der Waals surface area contributed by atoms with E-state index in [0.29, 0.717) is 5.69 Å². The van der Waals surface area contributed by atoms with Crippen LogP contribution in [0.25, 0.3) is 0 Å². The molecule has 1 fully saturated rings. The summed E-state index contributed by atoms with van der Waals surface area (Å²) in [5.74, 6) is 0.395. The zero-order valence-corrected chi connectivity index (χ0v) is 18.6. The molecule has 0 unspecified atom stereocenters. The first-order chi connectivity index (χ1) is 12.9. The Morgan fingerprint density at radius 1 is 1.18 bits per heavy atom. The van der Waals surface area contributed by atoms with E-state index in [0.717, 1.165) is 35.9 Å². The van der Waals surface area contributed by atoms with Crippen molar-refractivity contribution in [3.05, 3.63) is 40.8 Å². The van der Waals surface area contributed by atoms with Crippen molar-refractivity contribution in [1.29, 1.82) is 0 Å². The standard InChI is InChI=1S/C21H33N3O3S/c1-15(2)17-9-7-10-18(16(3)4)19(17)22-20(25)23-28(26,27)14-12-21(5)11-8-13-24(21)6/h7,9-10,12,14-16H,8,11,13H2,1-6H3,(H2,22,23,25)/b14-12+/t21-/m0/s1. The fourth-order valence-electron chi connectivity index (χ4n) is 3.56. The quantitative estimate of drug-likeness (QED) is 0.733. The van der Waals surface area contributed by atoms with E-state index in [1.165, 1.54) is 0 Å². The lowest BCUT2D eigenvalue weighted by atomic mass is 9.93. The van der Waals surface area contributed by atoms with Crippen LogP contribution < -0.4 is 10.0 Å². The molecule has 1 atom stereocenters. The molecule has 0 spiro atoms. The summed E-state index contributed by atoms with van der Waals surface area (Å²) in [6.45, 7) is 11.1. The minimum atomic E-state index is -3.89. The highest BCUT2D eigenvalue weighted by Crippen LogP contribution is 2.32. The molecule has 0 aliphatic carbocycles. The van der Waals surface area contributed by atoms with Crippen molar-refractivity contribution in [3.63, 3.8) is 0 Å². The number of urea groups is 1. The molecule has 6 nitrogen and oxygen atoms in total. The number of nitrogens with one attached hydrogen (secondary N) is 2. The van der Waals surface area contributed by atoms with Gasteiger partial charge in [0.05, 0.1) is 0 Å². The molecule has 28 heavy (non-hydrogen) atoms. The number of sulfonamides is 1. The van der Waals surface area contributed by atoms with E-state index in [4.69, 9.17) is 0 Å². The van der Waals surface area contributed by atoms with Crippen LogP contribution in [-0.4, -0.2) is 38.5 Å². The maximum absolute atomic E-state index is 12.5. The second-order valence-electron chi connectivity index (χ2n) is 8.41. The van der Waals surface area contributed by atoms with Gasteiger partial charge in [0.15, 0.2) is 0 Å². The van der Waals surface area contributed by atoms with E-state index in [2.05, 4.69) is 14.9 Å². The number of carbonyl (C=O) groups is 1. The van der Waals surface area contributed by atoms with Gasteiger partial charge in [-0.05, 0) is 56.3 Å². The smallest absolute Gasteiger partial charge is 0.307 e. The molecule has 1 aromatic rings. The van der Waals surface area contributed by atoms with Gasteiger partial charge in [-0.2, -0.15) is 0 Å². The van der Waals surface area contributed by atoms with Crippen LogP contribution in [0.3, 0.4) is 0 Å². The number of amides is 2. The number of hydrogen-bond acceptors (Lipinski definition) is 4. The first kappa shape index (κ1) is 22.4. The fourth-order valence-corrected chi connectivity index (χ4v) is 4.41. The first-order valence-corrected chi connectivity index (χ1v) is 11.4. The van der Waals surface area contributed by atoms with Crippen LogP contribution in [0.2, 0.25) is 0 Å². The van der Waals surface area contributed by atoms with E-state index in [9.17, 15) is 13.2 Å². The van der Waals surface area contributed by atoms with Gasteiger partial charge in [-0.1, -0.05) is 52.0 Å². The van der Waals surface area contributed by atoms with E-state index in [1.54, 1.807) is 6.08 Å². The van der Waals surface area contributed by atoms with Gasteiger partial charge in [0.2, 0.25) is 0 Å². The summed E-state index contributed by atoms with van der Waals surface area (Å²) in [7, 11) is -1.91. The number of nitrogens with zero attached hydrogens (tertiary/aromatic N) is 1. The molecule has 1 aliphatic rings. The van der Waals surface area contributed by atoms with Gasteiger partial charge in [0.25, 0.3) is 10.0 Å². The topological polar surface area (TPSA) is 78.5 Å². The number of hydrogen-bond donors (Lipinski definition) is 2. The average Bonchev–Trinajstić information content (AvgIpc) is 2.92. The van der Waals surface area contributed by atoms with Crippen LogP contribution in [0.1, 0.15) is 70.4 Å². The molecule has 1 aromatic carbocycles. The largest absolute Gasteiger partial charge is 0.333 e. The summed E-state index contributed by atoms with van der Waals surface area (Å²) in [5, 5.41) is 3.87. The SMILES string of the molecule is CC(C)c1cccc(C(C)C)c1NC(=O)NS(=O)(=O)/C=C/[C@]1(C)CCCN1C. The van der Waals surface area contributed by atoms with Crippen LogP contribution in [-0.2, 0) is 10.0 Å². The van der Waals surface area contributed by atoms with Gasteiger partial charge in [-0.15, -0.1) is 0 Å². The number of likely N-dealkylation sites (N-methyl/N-ethyl adjacent to an activating group) is 1. The number of benzene rings is 1. The van der Waals surface area contributed by atoms with Gasteiger partial charge in [0, 0.05) is 16.6 Å². The first-order valence-electron chi connectivity index (χ1n) is 9.82. The third kappa shape index (κ3) is 5.35. The van der Waals surface area contributed by atoms with Gasteiger partial charge in [-0.25, -0.2) is 17.9 Å². The van der Waals surface area contributed by atoms with Gasteiger partial charge >= 0.3 is 6.03 Å². The Labute approximate surface area is 169 Å². The summed E-state index contributed by atoms with van der Waals surface area (Å²) in [6.07, 6.45) is 3.58. The van der Waals surface area contributed by atoms with Crippen molar-refractivity contribution in [2.75, 3.05) is 18.9 Å². The molecule has 1 heterocycles. The second-order valence-corrected chi connectivity index (χ2v) is 9.97. The summed E-state index contributed by atoms with van der Waals surface area (Å²) >= 11 is 0. The number of rotatable bonds is 6. The second kappa shape index (κ2) is 8.66. The Morgan fingerprint density at radius 2 is 1.75 bits per heavy atom. The number of likely N-dealkylation sites (tertiary alicyclic amines) is 1. The number of anilines is 1. The lowest BCUT2D eigenvalue weighted by molar-refractivity contribution is 0.251. The summed E-state index contributed by atoms with van der Waals surface area (Å²) in [4.78, 5) is 14.6. The summed E-state index contributed by atoms with van der Waals surface area (Å²) in [6, 6.07) is 5.13. The zero-order chi connectivity index (χ0) is 21.1. The van der Waals surface area contributed by atoms with Gasteiger partial charge < -0.3 is 5.32 Å². The molecule has 2 rings (SSSR count). The molecule has 156 valence electrons. The molecular formula is C21H33N3O3S. The number of carbonyl (C=O) groups excluding carboxylic acids is 1. The van der Waals surface area contributed by atoms with Crippen molar-refractivity contribution in [3.8, 4) is 0 Å². The highest BCUT2D eigenvalue weighted by atomic mass is 32.2. The predicted octanol–water partition coefficient (Wildman–Crippen LogP) is 4.38. The van der Waals surface area contributed by atoms with Crippen molar-refractivity contribution < 1.29 is 13.2 Å². The molecule has 1 aliphatic heterocycles. The molecule has 2 amide bonds. The van der Waals surface area contributed by atoms with E-state index in [-0.39, 0.29) is 17.4 Å². The molecule has 0 saturated carbocycles. The Balaban J connectivity index is 2.18. The van der Waals surface area contributed by atoms with E-state index < -0.39 is 16.1 Å². The van der Waals surface area contributed by atoms with Crippen LogP contribution in [0.15, 0.2) is 29.7 Å². The van der Waals surface area contributed by atoms with Crippen LogP contribution in [0, 0.1) is 0 Å². The average molecular weight is 408 g/mol. The fraction of sp³-hybridized carbons (Fsp3) is 0.571. The Morgan fingerprint density at radius 3 is 2.21 bits per heavy atom. The predicted molar refractivity (Wildman–Crippen MR) is 115 cm³/mol.